The SMILES string of the molecule is NC(=O)c1nn2c(c1Br)NCCC2C(F)F. The number of nitrogens with two attached hydrogens (primary N) is 1. The Hall–Kier alpha value is -1.18. The minimum Gasteiger partial charge on any atom is -0.369 e. The zero-order valence-electron chi connectivity index (χ0n) is 8.08. The van der Waals surface area contributed by atoms with Crippen molar-refractivity contribution < 1.29 is 13.6 Å². The third-order valence-corrected chi connectivity index (χ3v) is 3.17. The van der Waals surface area contributed by atoms with Crippen molar-refractivity contribution in [3.63, 3.8) is 0 Å². The predicted octanol–water partition coefficient (Wildman–Crippen LogP) is 1.37. The quantitative estimate of drug-likeness (QED) is 0.865. The summed E-state index contributed by atoms with van der Waals surface area (Å²) in [5, 5.41) is 6.71. The molecule has 8 heteroatoms. The van der Waals surface area contributed by atoms with Crippen molar-refractivity contribution in [2.24, 2.45) is 5.73 Å². The topological polar surface area (TPSA) is 72.9 Å². The molecule has 0 fully saturated rings. The number of nitrogens with one attached hydrogen (secondary N) is 1. The van der Waals surface area contributed by atoms with Crippen LogP contribution < -0.4 is 11.1 Å². The molecule has 5 nitrogen and oxygen atoms in total. The van der Waals surface area contributed by atoms with E-state index in [1.807, 2.05) is 0 Å². The molecule has 0 saturated heterocycles. The Morgan fingerprint density at radius 1 is 1.69 bits per heavy atom. The summed E-state index contributed by atoms with van der Waals surface area (Å²) in [4.78, 5) is 11.0. The number of carbonyl (C=O) groups is 1. The van der Waals surface area contributed by atoms with Gasteiger partial charge in [0.15, 0.2) is 5.69 Å². The summed E-state index contributed by atoms with van der Waals surface area (Å²) >= 11 is 3.12. The maximum atomic E-state index is 12.7. The second-order valence-corrected chi connectivity index (χ2v) is 4.23. The van der Waals surface area contributed by atoms with Crippen LogP contribution in [0.5, 0.6) is 0 Å². The Kier molecular flexibility index (Phi) is 2.83. The predicted molar refractivity (Wildman–Crippen MR) is 56.6 cm³/mol. The van der Waals surface area contributed by atoms with Crippen molar-refractivity contribution in [1.29, 1.82) is 0 Å². The fraction of sp³-hybridized carbons (Fsp3) is 0.500. The van der Waals surface area contributed by atoms with Gasteiger partial charge in [0, 0.05) is 6.54 Å². The smallest absolute Gasteiger partial charge is 0.270 e. The molecule has 88 valence electrons. The summed E-state index contributed by atoms with van der Waals surface area (Å²) in [5.41, 5.74) is 5.06. The third kappa shape index (κ3) is 1.66. The van der Waals surface area contributed by atoms with Crippen molar-refractivity contribution in [1.82, 2.24) is 9.78 Å². The van der Waals surface area contributed by atoms with Crippen LogP contribution in [0, 0.1) is 0 Å². The molecule has 0 spiro atoms. The summed E-state index contributed by atoms with van der Waals surface area (Å²) in [5.74, 6) is -0.367. The van der Waals surface area contributed by atoms with Gasteiger partial charge in [-0.3, -0.25) is 4.79 Å². The molecule has 3 N–H and O–H groups in total. The van der Waals surface area contributed by atoms with Crippen molar-refractivity contribution >= 4 is 27.7 Å². The summed E-state index contributed by atoms with van der Waals surface area (Å²) in [6.45, 7) is 0.414. The zero-order valence-corrected chi connectivity index (χ0v) is 9.67. The molecule has 1 aromatic rings. The highest BCUT2D eigenvalue weighted by Gasteiger charge is 2.32. The van der Waals surface area contributed by atoms with E-state index in [0.29, 0.717) is 16.8 Å². The minimum absolute atomic E-state index is 0.0324. The van der Waals surface area contributed by atoms with E-state index in [1.165, 1.54) is 0 Å². The van der Waals surface area contributed by atoms with E-state index >= 15 is 0 Å². The summed E-state index contributed by atoms with van der Waals surface area (Å²) in [7, 11) is 0. The number of anilines is 1. The Labute approximate surface area is 98.1 Å². The Bertz CT molecular complexity index is 434. The van der Waals surface area contributed by atoms with Crippen LogP contribution in [0.4, 0.5) is 14.6 Å². The fourth-order valence-electron chi connectivity index (χ4n) is 1.66. The van der Waals surface area contributed by atoms with Gasteiger partial charge >= 0.3 is 0 Å². The number of carbonyl (C=O) groups excluding carboxylic acids is 1. The second kappa shape index (κ2) is 4.00. The number of rotatable bonds is 2. The number of hydrogen-bond donors (Lipinski definition) is 2. The molecule has 0 aliphatic carbocycles. The number of fused-ring (bicyclic) bond motifs is 1. The van der Waals surface area contributed by atoms with Crippen LogP contribution in [-0.2, 0) is 0 Å². The molecular weight excluding hydrogens is 286 g/mol. The number of primary amides is 1. The number of amides is 1. The van der Waals surface area contributed by atoms with E-state index in [9.17, 15) is 13.6 Å². The van der Waals surface area contributed by atoms with Gasteiger partial charge in [-0.15, -0.1) is 0 Å². The van der Waals surface area contributed by atoms with Gasteiger partial charge in [0.2, 0.25) is 0 Å². The van der Waals surface area contributed by atoms with Crippen LogP contribution in [-0.4, -0.2) is 28.7 Å². The largest absolute Gasteiger partial charge is 0.369 e. The Morgan fingerprint density at radius 2 is 2.38 bits per heavy atom. The summed E-state index contributed by atoms with van der Waals surface area (Å²) in [6.07, 6.45) is -2.26. The summed E-state index contributed by atoms with van der Waals surface area (Å²) in [6, 6.07) is -1.01. The Morgan fingerprint density at radius 3 is 2.94 bits per heavy atom. The van der Waals surface area contributed by atoms with Gasteiger partial charge in [0.05, 0.1) is 4.47 Å². The van der Waals surface area contributed by atoms with Crippen LogP contribution >= 0.6 is 15.9 Å². The number of hydrogen-bond acceptors (Lipinski definition) is 3. The third-order valence-electron chi connectivity index (χ3n) is 2.42. The van der Waals surface area contributed by atoms with Crippen LogP contribution in [0.2, 0.25) is 0 Å². The fourth-order valence-corrected chi connectivity index (χ4v) is 2.26. The molecule has 1 unspecified atom stereocenters. The number of alkyl halides is 2. The maximum Gasteiger partial charge on any atom is 0.270 e. The molecule has 2 rings (SSSR count). The van der Waals surface area contributed by atoms with Gasteiger partial charge < -0.3 is 11.1 Å². The van der Waals surface area contributed by atoms with Gasteiger partial charge in [-0.1, -0.05) is 0 Å². The first-order chi connectivity index (χ1) is 7.52. The van der Waals surface area contributed by atoms with Crippen molar-refractivity contribution in [2.45, 2.75) is 18.9 Å². The number of nitrogens with zero attached hydrogens (tertiary/aromatic N) is 2. The highest BCUT2D eigenvalue weighted by atomic mass is 79.9. The van der Waals surface area contributed by atoms with Gasteiger partial charge in [-0.05, 0) is 22.4 Å². The average molecular weight is 295 g/mol. The van der Waals surface area contributed by atoms with E-state index in [0.717, 1.165) is 4.68 Å². The Balaban J connectivity index is 2.50. The van der Waals surface area contributed by atoms with E-state index < -0.39 is 18.4 Å². The maximum absolute atomic E-state index is 12.7. The number of aromatic nitrogens is 2. The van der Waals surface area contributed by atoms with Crippen molar-refractivity contribution in [3.8, 4) is 0 Å². The first-order valence-electron chi connectivity index (χ1n) is 4.62. The molecule has 2 heterocycles. The molecule has 1 aliphatic rings. The highest BCUT2D eigenvalue weighted by Crippen LogP contribution is 2.35. The lowest BCUT2D eigenvalue weighted by molar-refractivity contribution is 0.0709. The molecule has 0 radical (unpaired) electrons. The van der Waals surface area contributed by atoms with Crippen molar-refractivity contribution in [2.75, 3.05) is 11.9 Å². The van der Waals surface area contributed by atoms with Crippen LogP contribution in [0.15, 0.2) is 4.47 Å². The summed E-state index contributed by atoms with van der Waals surface area (Å²) < 4.78 is 26.9. The van der Waals surface area contributed by atoms with Crippen LogP contribution in [0.25, 0.3) is 0 Å². The molecule has 0 saturated carbocycles. The lowest BCUT2D eigenvalue weighted by Gasteiger charge is -2.24. The van der Waals surface area contributed by atoms with Gasteiger partial charge in [-0.2, -0.15) is 5.10 Å². The molecule has 0 aromatic carbocycles. The molecular formula is C8H9BrF2N4O. The van der Waals surface area contributed by atoms with Gasteiger partial charge in [-0.25, -0.2) is 13.5 Å². The van der Waals surface area contributed by atoms with E-state index in [4.69, 9.17) is 5.73 Å². The first-order valence-corrected chi connectivity index (χ1v) is 5.41. The van der Waals surface area contributed by atoms with Gasteiger partial charge in [0.25, 0.3) is 12.3 Å². The standard InChI is InChI=1S/C8H9BrF2N4O/c9-4-5(7(12)16)14-15-3(6(10)11)1-2-13-8(4)15/h3,6,13H,1-2H2,(H2,12,16). The zero-order chi connectivity index (χ0) is 11.9. The molecule has 1 amide bonds. The molecule has 1 aromatic heterocycles. The minimum atomic E-state index is -2.52. The van der Waals surface area contributed by atoms with Crippen molar-refractivity contribution in [3.05, 3.63) is 10.2 Å². The van der Waals surface area contributed by atoms with Crippen LogP contribution in [0.1, 0.15) is 23.0 Å². The number of halogens is 3. The molecule has 1 atom stereocenters. The van der Waals surface area contributed by atoms with Crippen LogP contribution in [0.3, 0.4) is 0 Å². The van der Waals surface area contributed by atoms with E-state index in [2.05, 4.69) is 26.3 Å². The average Bonchev–Trinajstić information content (AvgIpc) is 2.56. The second-order valence-electron chi connectivity index (χ2n) is 3.44. The monoisotopic (exact) mass is 294 g/mol. The van der Waals surface area contributed by atoms with Gasteiger partial charge in [0.1, 0.15) is 11.9 Å². The highest BCUT2D eigenvalue weighted by molar-refractivity contribution is 9.10. The molecule has 1 aliphatic heterocycles. The molecule has 16 heavy (non-hydrogen) atoms. The lowest BCUT2D eigenvalue weighted by Crippen LogP contribution is -2.28. The lowest BCUT2D eigenvalue weighted by atomic mass is 10.2. The molecule has 0 bridgehead atoms. The normalized spacial score (nSPS) is 19.4. The van der Waals surface area contributed by atoms with E-state index in [1.54, 1.807) is 0 Å². The van der Waals surface area contributed by atoms with E-state index in [-0.39, 0.29) is 12.1 Å². The first kappa shape index (κ1) is 11.3.